The molecule has 1 aliphatic carbocycles. The van der Waals surface area contributed by atoms with Crippen LogP contribution in [0.4, 0.5) is 0 Å². The lowest BCUT2D eigenvalue weighted by atomic mass is 10.0. The van der Waals surface area contributed by atoms with Gasteiger partial charge in [0.1, 0.15) is 5.75 Å². The summed E-state index contributed by atoms with van der Waals surface area (Å²) in [7, 11) is 0. The van der Waals surface area contributed by atoms with Gasteiger partial charge >= 0.3 is 0 Å². The van der Waals surface area contributed by atoms with Gasteiger partial charge in [0.25, 0.3) is 5.91 Å². The van der Waals surface area contributed by atoms with E-state index in [9.17, 15) is 9.59 Å². The molecule has 0 saturated heterocycles. The van der Waals surface area contributed by atoms with Gasteiger partial charge in [-0.1, -0.05) is 24.4 Å². The monoisotopic (exact) mass is 383 g/mol. The first-order chi connectivity index (χ1) is 11.9. The van der Waals surface area contributed by atoms with Gasteiger partial charge in [0.05, 0.1) is 0 Å². The minimum absolute atomic E-state index is 0.0682. The van der Waals surface area contributed by atoms with Crippen molar-refractivity contribution in [2.24, 2.45) is 5.92 Å². The summed E-state index contributed by atoms with van der Waals surface area (Å²) in [6.07, 6.45) is 5.01. The molecule has 6 nitrogen and oxygen atoms in total. The van der Waals surface area contributed by atoms with Crippen LogP contribution < -0.4 is 20.9 Å². The molecule has 0 atom stereocenters. The van der Waals surface area contributed by atoms with E-state index in [4.69, 9.17) is 28.6 Å². The molecular weight excluding hydrogens is 362 g/mol. The molecule has 0 radical (unpaired) electrons. The van der Waals surface area contributed by atoms with E-state index >= 15 is 0 Å². The van der Waals surface area contributed by atoms with E-state index in [-0.39, 0.29) is 17.6 Å². The van der Waals surface area contributed by atoms with Crippen LogP contribution in [-0.2, 0) is 9.59 Å². The molecule has 3 N–H and O–H groups in total. The fourth-order valence-corrected chi connectivity index (χ4v) is 2.99. The Morgan fingerprint density at radius 3 is 2.64 bits per heavy atom. The summed E-state index contributed by atoms with van der Waals surface area (Å²) in [5, 5.41) is 3.27. The van der Waals surface area contributed by atoms with E-state index in [1.165, 1.54) is 12.8 Å². The molecule has 0 aliphatic heterocycles. The Bertz CT molecular complexity index is 648. The van der Waals surface area contributed by atoms with Crippen molar-refractivity contribution in [3.05, 3.63) is 28.8 Å². The number of benzene rings is 1. The van der Waals surface area contributed by atoms with E-state index in [0.29, 0.717) is 23.1 Å². The molecule has 0 heterocycles. The number of aryl methyl sites for hydroxylation is 1. The van der Waals surface area contributed by atoms with Crippen LogP contribution in [0, 0.1) is 12.8 Å². The zero-order valence-electron chi connectivity index (χ0n) is 14.1. The summed E-state index contributed by atoms with van der Waals surface area (Å²) >= 11 is 10.9. The second kappa shape index (κ2) is 9.58. The van der Waals surface area contributed by atoms with Gasteiger partial charge in [-0.3, -0.25) is 20.4 Å². The van der Waals surface area contributed by atoms with Crippen LogP contribution in [0.3, 0.4) is 0 Å². The van der Waals surface area contributed by atoms with Crippen LogP contribution in [0.25, 0.3) is 0 Å². The molecule has 1 saturated carbocycles. The summed E-state index contributed by atoms with van der Waals surface area (Å²) in [5.41, 5.74) is 5.74. The lowest BCUT2D eigenvalue weighted by Crippen LogP contribution is -2.49. The normalized spacial score (nSPS) is 14.0. The minimum atomic E-state index is -0.417. The topological polar surface area (TPSA) is 79.5 Å². The molecule has 8 heteroatoms. The number of amides is 2. The third-order valence-corrected chi connectivity index (χ3v) is 4.64. The van der Waals surface area contributed by atoms with E-state index in [1.54, 1.807) is 18.2 Å². The fraction of sp³-hybridized carbons (Fsp3) is 0.471. The van der Waals surface area contributed by atoms with Crippen molar-refractivity contribution in [3.63, 3.8) is 0 Å². The molecule has 2 amide bonds. The Kier molecular flexibility index (Phi) is 7.46. The maximum absolute atomic E-state index is 11.8. The molecule has 136 valence electrons. The van der Waals surface area contributed by atoms with Crippen LogP contribution in [0.5, 0.6) is 5.75 Å². The highest BCUT2D eigenvalue weighted by Gasteiger charge is 2.18. The molecule has 0 bridgehead atoms. The van der Waals surface area contributed by atoms with Crippen molar-refractivity contribution in [1.82, 2.24) is 16.2 Å². The number of carbonyl (C=O) groups is 2. The number of carbonyl (C=O) groups excluding carboxylic acids is 2. The van der Waals surface area contributed by atoms with Gasteiger partial charge in [-0.2, -0.15) is 0 Å². The van der Waals surface area contributed by atoms with Crippen molar-refractivity contribution in [1.29, 1.82) is 0 Å². The fourth-order valence-electron chi connectivity index (χ4n) is 2.70. The molecule has 0 spiro atoms. The van der Waals surface area contributed by atoms with Crippen molar-refractivity contribution >= 4 is 40.7 Å². The third-order valence-electron chi connectivity index (χ3n) is 4.02. The number of hydrogen-bond donors (Lipinski definition) is 3. The summed E-state index contributed by atoms with van der Waals surface area (Å²) < 4.78 is 5.36. The predicted octanol–water partition coefficient (Wildman–Crippen LogP) is 2.63. The first kappa shape index (κ1) is 19.5. The van der Waals surface area contributed by atoms with Crippen molar-refractivity contribution < 1.29 is 14.3 Å². The summed E-state index contributed by atoms with van der Waals surface area (Å²) in [6.45, 7) is 1.66. The second-order valence-corrected chi connectivity index (χ2v) is 6.92. The highest BCUT2D eigenvalue weighted by atomic mass is 35.5. The smallest absolute Gasteiger partial charge is 0.276 e. The molecule has 1 aliphatic rings. The highest BCUT2D eigenvalue weighted by Crippen LogP contribution is 2.27. The highest BCUT2D eigenvalue weighted by molar-refractivity contribution is 7.80. The Morgan fingerprint density at radius 2 is 1.96 bits per heavy atom. The molecule has 0 aromatic heterocycles. The predicted molar refractivity (Wildman–Crippen MR) is 100 cm³/mol. The minimum Gasteiger partial charge on any atom is -0.484 e. The van der Waals surface area contributed by atoms with Crippen LogP contribution in [0.1, 0.15) is 37.7 Å². The number of hydrogen-bond acceptors (Lipinski definition) is 4. The van der Waals surface area contributed by atoms with Gasteiger partial charge < -0.3 is 10.1 Å². The Morgan fingerprint density at radius 1 is 1.24 bits per heavy atom. The van der Waals surface area contributed by atoms with Gasteiger partial charge in [-0.15, -0.1) is 0 Å². The average molecular weight is 384 g/mol. The van der Waals surface area contributed by atoms with E-state index < -0.39 is 5.91 Å². The number of rotatable bonds is 5. The Balaban J connectivity index is 1.64. The first-order valence-corrected chi connectivity index (χ1v) is 9.00. The molecule has 1 fully saturated rings. The maximum Gasteiger partial charge on any atom is 0.276 e. The average Bonchev–Trinajstić information content (AvgIpc) is 3.06. The molecule has 1 aromatic carbocycles. The van der Waals surface area contributed by atoms with E-state index in [0.717, 1.165) is 18.4 Å². The lowest BCUT2D eigenvalue weighted by Gasteiger charge is -2.13. The third kappa shape index (κ3) is 6.88. The van der Waals surface area contributed by atoms with Gasteiger partial charge in [0, 0.05) is 11.4 Å². The van der Waals surface area contributed by atoms with Crippen molar-refractivity contribution in [2.75, 3.05) is 6.61 Å². The van der Waals surface area contributed by atoms with E-state index in [1.807, 2.05) is 6.92 Å². The van der Waals surface area contributed by atoms with Crippen LogP contribution in [-0.4, -0.2) is 23.5 Å². The summed E-state index contributed by atoms with van der Waals surface area (Å²) in [5.74, 6) is 0.435. The number of nitrogens with one attached hydrogen (secondary N) is 3. The van der Waals surface area contributed by atoms with Crippen LogP contribution in [0.2, 0.25) is 5.02 Å². The zero-order chi connectivity index (χ0) is 18.2. The van der Waals surface area contributed by atoms with Crippen LogP contribution >= 0.6 is 23.8 Å². The molecular formula is C17H22ClN3O3S. The largest absolute Gasteiger partial charge is 0.484 e. The Labute approximate surface area is 157 Å². The summed E-state index contributed by atoms with van der Waals surface area (Å²) in [4.78, 5) is 23.6. The van der Waals surface area contributed by atoms with Crippen LogP contribution in [0.15, 0.2) is 18.2 Å². The van der Waals surface area contributed by atoms with Gasteiger partial charge in [0.2, 0.25) is 5.91 Å². The lowest BCUT2D eigenvalue weighted by molar-refractivity contribution is -0.124. The summed E-state index contributed by atoms with van der Waals surface area (Å²) in [6, 6.07) is 5.14. The SMILES string of the molecule is Cc1cc(OCC(=O)NNC(=S)NC(=O)CC2CCCC2)ccc1Cl. The molecule has 25 heavy (non-hydrogen) atoms. The zero-order valence-corrected chi connectivity index (χ0v) is 15.6. The quantitative estimate of drug-likeness (QED) is 0.538. The number of ether oxygens (including phenoxy) is 1. The Hall–Kier alpha value is -1.86. The van der Waals surface area contributed by atoms with Gasteiger partial charge in [-0.25, -0.2) is 0 Å². The van der Waals surface area contributed by atoms with E-state index in [2.05, 4.69) is 16.2 Å². The first-order valence-electron chi connectivity index (χ1n) is 8.21. The van der Waals surface area contributed by atoms with Gasteiger partial charge in [-0.05, 0) is 61.7 Å². The molecule has 0 unspecified atom stereocenters. The maximum atomic E-state index is 11.8. The molecule has 1 aromatic rings. The van der Waals surface area contributed by atoms with Crippen molar-refractivity contribution in [2.45, 2.75) is 39.0 Å². The number of halogens is 1. The standard InChI is InChI=1S/C17H22ClN3O3S/c1-11-8-13(6-7-14(11)18)24-10-16(23)20-21-17(25)19-15(22)9-12-4-2-3-5-12/h6-8,12H,2-5,9-10H2,1H3,(H,20,23)(H2,19,21,22,25). The van der Waals surface area contributed by atoms with Crippen molar-refractivity contribution in [3.8, 4) is 5.75 Å². The number of hydrazine groups is 1. The second-order valence-electron chi connectivity index (χ2n) is 6.10. The molecule has 2 rings (SSSR count). The number of thiocarbonyl (C=S) groups is 1. The van der Waals surface area contributed by atoms with Gasteiger partial charge in [0.15, 0.2) is 11.7 Å².